The van der Waals surface area contributed by atoms with Gasteiger partial charge in [0.2, 0.25) is 0 Å². The van der Waals surface area contributed by atoms with Crippen LogP contribution in [0.5, 0.6) is 5.75 Å². The molecule has 156 valence electrons. The Morgan fingerprint density at radius 2 is 2.07 bits per heavy atom. The van der Waals surface area contributed by atoms with Gasteiger partial charge in [0, 0.05) is 35.9 Å². The number of amides is 1. The number of likely N-dealkylation sites (tertiary alicyclic amines) is 1. The highest BCUT2D eigenvalue weighted by Crippen LogP contribution is 2.60. The number of primary amides is 1. The molecule has 0 spiro atoms. The van der Waals surface area contributed by atoms with Gasteiger partial charge in [-0.05, 0) is 63.1 Å². The number of nitrogens with two attached hydrogens (primary N) is 1. The fraction of sp³-hybridized carbons (Fsp3) is 0.652. The van der Waals surface area contributed by atoms with Gasteiger partial charge in [0.25, 0.3) is 5.91 Å². The predicted octanol–water partition coefficient (Wildman–Crippen LogP) is 2.03. The number of Topliss-reactive ketones (excluding diaryl/α,β-unsaturated/α-hetero) is 1. The smallest absolute Gasteiger partial charge is 0.252 e. The van der Waals surface area contributed by atoms with E-state index in [9.17, 15) is 19.8 Å². The second-order valence-corrected chi connectivity index (χ2v) is 9.72. The van der Waals surface area contributed by atoms with Gasteiger partial charge >= 0.3 is 0 Å². The molecule has 29 heavy (non-hydrogen) atoms. The van der Waals surface area contributed by atoms with Crippen molar-refractivity contribution in [3.05, 3.63) is 28.8 Å². The van der Waals surface area contributed by atoms with Gasteiger partial charge in [-0.2, -0.15) is 0 Å². The molecule has 1 saturated heterocycles. The maximum atomic E-state index is 12.6. The first-order chi connectivity index (χ1) is 13.8. The molecule has 1 heterocycles. The van der Waals surface area contributed by atoms with Crippen LogP contribution in [-0.4, -0.2) is 51.0 Å². The molecule has 2 saturated carbocycles. The second kappa shape index (κ2) is 6.29. The Morgan fingerprint density at radius 1 is 1.31 bits per heavy atom. The third-order valence-corrected chi connectivity index (χ3v) is 8.64. The fourth-order valence-electron chi connectivity index (χ4n) is 6.83. The van der Waals surface area contributed by atoms with E-state index in [0.29, 0.717) is 43.2 Å². The van der Waals surface area contributed by atoms with Gasteiger partial charge in [-0.1, -0.05) is 12.5 Å². The zero-order chi connectivity index (χ0) is 20.6. The molecule has 4 aliphatic rings. The number of benzene rings is 1. The molecule has 3 fully saturated rings. The van der Waals surface area contributed by atoms with Crippen LogP contribution in [-0.2, 0) is 16.6 Å². The number of aromatic hydroxyl groups is 1. The van der Waals surface area contributed by atoms with Crippen molar-refractivity contribution in [2.75, 3.05) is 6.54 Å². The van der Waals surface area contributed by atoms with Crippen LogP contribution in [0.15, 0.2) is 12.1 Å². The number of carbonyl (C=O) groups is 2. The Labute approximate surface area is 171 Å². The highest BCUT2D eigenvalue weighted by atomic mass is 16.3. The number of nitrogens with zero attached hydrogens (tertiary/aromatic N) is 1. The number of aliphatic hydroxyl groups is 1. The minimum atomic E-state index is -1.09. The summed E-state index contributed by atoms with van der Waals surface area (Å²) < 4.78 is 0. The third kappa shape index (κ3) is 2.42. The van der Waals surface area contributed by atoms with E-state index in [2.05, 4.69) is 11.8 Å². The summed E-state index contributed by atoms with van der Waals surface area (Å²) in [6, 6.07) is 3.76. The molecule has 5 rings (SSSR count). The molecule has 2 bridgehead atoms. The molecule has 4 atom stereocenters. The number of rotatable bonds is 3. The molecule has 1 amide bonds. The molecule has 1 aromatic rings. The molecule has 1 aromatic carbocycles. The summed E-state index contributed by atoms with van der Waals surface area (Å²) in [5.74, 6) is -0.0402. The highest BCUT2D eigenvalue weighted by molar-refractivity contribution is 5.96. The van der Waals surface area contributed by atoms with Crippen molar-refractivity contribution in [3.8, 4) is 5.75 Å². The standard InChI is InChI=1S/C23H30N2O4/c1-13(14-3-2-4-14)25-10-9-22-12-16(26)7-8-23(22,29)18(25)11-15-5-6-17(21(24)28)20(27)19(15)22/h5-6,13-14,18,27,29H,2-4,7-12H2,1H3,(H2,24,28)/t13-,18-,22?,23-/m1/s1. The molecule has 0 aromatic heterocycles. The van der Waals surface area contributed by atoms with Gasteiger partial charge in [0.15, 0.2) is 0 Å². The van der Waals surface area contributed by atoms with E-state index in [1.807, 2.05) is 6.07 Å². The minimum absolute atomic E-state index is 0.0715. The summed E-state index contributed by atoms with van der Waals surface area (Å²) in [5.41, 5.74) is 5.15. The number of phenols is 1. The van der Waals surface area contributed by atoms with E-state index < -0.39 is 16.9 Å². The summed E-state index contributed by atoms with van der Waals surface area (Å²) in [5, 5.41) is 23.2. The zero-order valence-corrected chi connectivity index (χ0v) is 17.0. The van der Waals surface area contributed by atoms with Crippen molar-refractivity contribution in [2.24, 2.45) is 11.7 Å². The second-order valence-electron chi connectivity index (χ2n) is 9.72. The van der Waals surface area contributed by atoms with Crippen molar-refractivity contribution in [1.82, 2.24) is 4.90 Å². The Morgan fingerprint density at radius 3 is 2.72 bits per heavy atom. The van der Waals surface area contributed by atoms with Crippen LogP contribution in [0.2, 0.25) is 0 Å². The first-order valence-electron chi connectivity index (χ1n) is 10.9. The average molecular weight is 399 g/mol. The van der Waals surface area contributed by atoms with Crippen LogP contribution in [0.1, 0.15) is 73.4 Å². The Kier molecular flexibility index (Phi) is 4.13. The quantitative estimate of drug-likeness (QED) is 0.723. The third-order valence-electron chi connectivity index (χ3n) is 8.64. The van der Waals surface area contributed by atoms with Crippen LogP contribution in [0.25, 0.3) is 0 Å². The van der Waals surface area contributed by atoms with Crippen molar-refractivity contribution >= 4 is 11.7 Å². The number of hydrogen-bond acceptors (Lipinski definition) is 5. The molecule has 3 aliphatic carbocycles. The van der Waals surface area contributed by atoms with E-state index in [4.69, 9.17) is 5.73 Å². The van der Waals surface area contributed by atoms with Crippen LogP contribution in [0.3, 0.4) is 0 Å². The minimum Gasteiger partial charge on any atom is -0.507 e. The van der Waals surface area contributed by atoms with Gasteiger partial charge < -0.3 is 15.9 Å². The average Bonchev–Trinajstić information content (AvgIpc) is 2.60. The molecular formula is C23H30N2O4. The Bertz CT molecular complexity index is 895. The molecule has 6 nitrogen and oxygen atoms in total. The van der Waals surface area contributed by atoms with Crippen molar-refractivity contribution in [3.63, 3.8) is 0 Å². The summed E-state index contributed by atoms with van der Waals surface area (Å²) in [7, 11) is 0. The summed E-state index contributed by atoms with van der Waals surface area (Å²) in [4.78, 5) is 26.9. The molecule has 4 N–H and O–H groups in total. The van der Waals surface area contributed by atoms with Crippen molar-refractivity contribution in [1.29, 1.82) is 0 Å². The van der Waals surface area contributed by atoms with Crippen LogP contribution in [0, 0.1) is 5.92 Å². The lowest BCUT2D eigenvalue weighted by atomic mass is 9.49. The molecule has 1 aliphatic heterocycles. The number of carbonyl (C=O) groups excluding carboxylic acids is 2. The van der Waals surface area contributed by atoms with E-state index in [1.54, 1.807) is 6.07 Å². The number of fused-ring (bicyclic) bond motifs is 1. The van der Waals surface area contributed by atoms with E-state index in [1.165, 1.54) is 19.3 Å². The topological polar surface area (TPSA) is 104 Å². The van der Waals surface area contributed by atoms with Crippen molar-refractivity contribution < 1.29 is 19.8 Å². The van der Waals surface area contributed by atoms with Crippen molar-refractivity contribution in [2.45, 2.75) is 81.4 Å². The maximum absolute atomic E-state index is 12.6. The van der Waals surface area contributed by atoms with Gasteiger partial charge in [0.05, 0.1) is 11.2 Å². The number of ketones is 1. The zero-order valence-electron chi connectivity index (χ0n) is 17.0. The Hall–Kier alpha value is -1.92. The largest absolute Gasteiger partial charge is 0.507 e. The first-order valence-corrected chi connectivity index (χ1v) is 10.9. The van der Waals surface area contributed by atoms with Gasteiger partial charge in [-0.3, -0.25) is 14.5 Å². The summed E-state index contributed by atoms with van der Waals surface area (Å²) in [6.45, 7) is 3.06. The van der Waals surface area contributed by atoms with Gasteiger partial charge in [-0.25, -0.2) is 0 Å². The van der Waals surface area contributed by atoms with E-state index >= 15 is 0 Å². The number of hydrogen-bond donors (Lipinski definition) is 3. The van der Waals surface area contributed by atoms with Crippen LogP contribution >= 0.6 is 0 Å². The lowest BCUT2D eigenvalue weighted by Crippen LogP contribution is -2.74. The van der Waals surface area contributed by atoms with E-state index in [0.717, 1.165) is 12.1 Å². The van der Waals surface area contributed by atoms with E-state index in [-0.39, 0.29) is 29.6 Å². The molecule has 0 radical (unpaired) electrons. The summed E-state index contributed by atoms with van der Waals surface area (Å²) in [6.07, 6.45) is 5.97. The Balaban J connectivity index is 1.67. The molecule has 6 heteroatoms. The molecule has 1 unspecified atom stereocenters. The number of piperidine rings is 1. The van der Waals surface area contributed by atoms with Gasteiger partial charge in [-0.15, -0.1) is 0 Å². The maximum Gasteiger partial charge on any atom is 0.252 e. The predicted molar refractivity (Wildman–Crippen MR) is 108 cm³/mol. The summed E-state index contributed by atoms with van der Waals surface area (Å²) >= 11 is 0. The monoisotopic (exact) mass is 398 g/mol. The lowest BCUT2D eigenvalue weighted by Gasteiger charge is -2.65. The van der Waals surface area contributed by atoms with Gasteiger partial charge in [0.1, 0.15) is 11.5 Å². The first kappa shape index (κ1) is 19.1. The molecular weight excluding hydrogens is 368 g/mol. The normalized spacial score (nSPS) is 35.4. The van der Waals surface area contributed by atoms with Crippen LogP contribution in [0.4, 0.5) is 0 Å². The fourth-order valence-corrected chi connectivity index (χ4v) is 6.83. The van der Waals surface area contributed by atoms with Crippen LogP contribution < -0.4 is 5.73 Å². The lowest BCUT2D eigenvalue weighted by molar-refractivity contribution is -0.182. The highest BCUT2D eigenvalue weighted by Gasteiger charge is 2.66. The SMILES string of the molecule is C[C@H](C1CCC1)N1CCC23CC(=O)CC[C@@]2(O)[C@H]1Cc1ccc(C(N)=O)c(O)c13.